The van der Waals surface area contributed by atoms with E-state index in [1.54, 1.807) is 18.6 Å². The number of carbonyl (C=O) groups is 1. The highest BCUT2D eigenvalue weighted by Crippen LogP contribution is 2.21. The van der Waals surface area contributed by atoms with Gasteiger partial charge in [-0.15, -0.1) is 0 Å². The highest BCUT2D eigenvalue weighted by atomic mass is 16.1. The fraction of sp³-hybridized carbons (Fsp3) is 0.267. The zero-order chi connectivity index (χ0) is 26.7. The third-order valence-electron chi connectivity index (χ3n) is 6.21. The summed E-state index contributed by atoms with van der Waals surface area (Å²) in [6, 6.07) is 21.0. The van der Waals surface area contributed by atoms with Gasteiger partial charge in [0.25, 0.3) is 5.91 Å². The van der Waals surface area contributed by atoms with Crippen molar-refractivity contribution in [2.24, 2.45) is 0 Å². The Labute approximate surface area is 224 Å². The summed E-state index contributed by atoms with van der Waals surface area (Å²) in [4.78, 5) is 30.7. The van der Waals surface area contributed by atoms with Gasteiger partial charge < -0.3 is 15.5 Å². The van der Waals surface area contributed by atoms with E-state index in [-0.39, 0.29) is 5.91 Å². The minimum atomic E-state index is -0.145. The standard InChI is InChI=1S/C28H29N7O.C2H6/c1-34-14-16-35(17-15-34)20-21-7-9-22(10-8-21)27(36)31-24-5-2-6-25(18-24)32-28-30-13-11-26(33-28)23-4-3-12-29-19-23;1-2/h2-13,18-19H,14-17,20H2,1H3,(H,31,36)(H,30,32,33);1-2H3. The second-order valence-electron chi connectivity index (χ2n) is 8.94. The highest BCUT2D eigenvalue weighted by molar-refractivity contribution is 6.04. The Kier molecular flexibility index (Phi) is 9.50. The Balaban J connectivity index is 0.00000164. The van der Waals surface area contributed by atoms with Crippen molar-refractivity contribution in [1.82, 2.24) is 24.8 Å². The SMILES string of the molecule is CC.CN1CCN(Cc2ccc(C(=O)Nc3cccc(Nc4nccc(-c5cccnc5)n4)c3)cc2)CC1. The quantitative estimate of drug-likeness (QED) is 0.349. The van der Waals surface area contributed by atoms with Crippen molar-refractivity contribution >= 4 is 23.2 Å². The van der Waals surface area contributed by atoms with Crippen LogP contribution in [-0.4, -0.2) is 63.9 Å². The molecular weight excluding hydrogens is 474 g/mol. The summed E-state index contributed by atoms with van der Waals surface area (Å²) in [6.45, 7) is 9.24. The molecule has 8 heteroatoms. The van der Waals surface area contributed by atoms with Crippen LogP contribution >= 0.6 is 0 Å². The molecule has 2 N–H and O–H groups in total. The van der Waals surface area contributed by atoms with E-state index in [9.17, 15) is 4.79 Å². The number of rotatable bonds is 7. The molecule has 0 atom stereocenters. The Morgan fingerprint density at radius 2 is 1.66 bits per heavy atom. The number of benzene rings is 2. The number of likely N-dealkylation sites (N-methyl/N-ethyl adjacent to an activating group) is 1. The highest BCUT2D eigenvalue weighted by Gasteiger charge is 2.14. The minimum Gasteiger partial charge on any atom is -0.324 e. The monoisotopic (exact) mass is 509 g/mol. The van der Waals surface area contributed by atoms with Crippen molar-refractivity contribution in [3.05, 3.63) is 96.4 Å². The van der Waals surface area contributed by atoms with Crippen LogP contribution in [-0.2, 0) is 6.54 Å². The summed E-state index contributed by atoms with van der Waals surface area (Å²) in [5.74, 6) is 0.323. The molecule has 196 valence electrons. The van der Waals surface area contributed by atoms with Gasteiger partial charge in [0.05, 0.1) is 5.69 Å². The number of carbonyl (C=O) groups excluding carboxylic acids is 1. The first-order chi connectivity index (χ1) is 18.6. The van der Waals surface area contributed by atoms with Crippen molar-refractivity contribution in [3.63, 3.8) is 0 Å². The van der Waals surface area contributed by atoms with Gasteiger partial charge in [-0.2, -0.15) is 0 Å². The summed E-state index contributed by atoms with van der Waals surface area (Å²) < 4.78 is 0. The van der Waals surface area contributed by atoms with E-state index in [0.717, 1.165) is 49.7 Å². The molecule has 0 unspecified atom stereocenters. The van der Waals surface area contributed by atoms with E-state index >= 15 is 0 Å². The maximum atomic E-state index is 12.8. The second-order valence-corrected chi connectivity index (χ2v) is 8.94. The predicted molar refractivity (Wildman–Crippen MR) is 154 cm³/mol. The van der Waals surface area contributed by atoms with E-state index in [4.69, 9.17) is 0 Å². The van der Waals surface area contributed by atoms with Crippen molar-refractivity contribution in [3.8, 4) is 11.3 Å². The first-order valence-electron chi connectivity index (χ1n) is 13.0. The third-order valence-corrected chi connectivity index (χ3v) is 6.21. The molecule has 4 aromatic rings. The Bertz CT molecular complexity index is 1300. The van der Waals surface area contributed by atoms with Crippen LogP contribution in [0.4, 0.5) is 17.3 Å². The van der Waals surface area contributed by atoms with Crippen LogP contribution < -0.4 is 10.6 Å². The normalized spacial score (nSPS) is 13.8. The van der Waals surface area contributed by atoms with Crippen molar-refractivity contribution in [2.45, 2.75) is 20.4 Å². The summed E-state index contributed by atoms with van der Waals surface area (Å²) in [7, 11) is 2.16. The Morgan fingerprint density at radius 1 is 0.895 bits per heavy atom. The number of anilines is 3. The second kappa shape index (κ2) is 13.4. The van der Waals surface area contributed by atoms with Gasteiger partial charge in [-0.25, -0.2) is 9.97 Å². The predicted octanol–water partition coefficient (Wildman–Crippen LogP) is 5.31. The summed E-state index contributed by atoms with van der Waals surface area (Å²) >= 11 is 0. The summed E-state index contributed by atoms with van der Waals surface area (Å²) in [5, 5.41) is 6.20. The fourth-order valence-electron chi connectivity index (χ4n) is 4.13. The molecule has 2 aromatic carbocycles. The van der Waals surface area contributed by atoms with Crippen LogP contribution in [0, 0.1) is 0 Å². The minimum absolute atomic E-state index is 0.145. The van der Waals surface area contributed by atoms with Gasteiger partial charge >= 0.3 is 0 Å². The molecule has 0 bridgehead atoms. The number of piperazine rings is 1. The maximum absolute atomic E-state index is 12.8. The molecule has 0 radical (unpaired) electrons. The van der Waals surface area contributed by atoms with Gasteiger partial charge in [0.15, 0.2) is 0 Å². The molecule has 5 rings (SSSR count). The average molecular weight is 510 g/mol. The summed E-state index contributed by atoms with van der Waals surface area (Å²) in [6.07, 6.45) is 5.20. The molecule has 0 saturated carbocycles. The first kappa shape index (κ1) is 26.9. The zero-order valence-corrected chi connectivity index (χ0v) is 22.3. The maximum Gasteiger partial charge on any atom is 0.255 e. The van der Waals surface area contributed by atoms with Crippen molar-refractivity contribution in [2.75, 3.05) is 43.9 Å². The number of nitrogens with one attached hydrogen (secondary N) is 2. The van der Waals surface area contributed by atoms with Crippen LogP contribution in [0.2, 0.25) is 0 Å². The first-order valence-corrected chi connectivity index (χ1v) is 13.0. The molecule has 1 aliphatic rings. The van der Waals surface area contributed by atoms with Gasteiger partial charge in [0, 0.05) is 73.8 Å². The molecular formula is C30H35N7O. The lowest BCUT2D eigenvalue weighted by molar-refractivity contribution is 0.102. The average Bonchev–Trinajstić information content (AvgIpc) is 2.96. The number of hydrogen-bond donors (Lipinski definition) is 2. The van der Waals surface area contributed by atoms with Gasteiger partial charge in [-0.05, 0) is 61.1 Å². The van der Waals surface area contributed by atoms with Crippen molar-refractivity contribution in [1.29, 1.82) is 0 Å². The van der Waals surface area contributed by atoms with Gasteiger partial charge in [-0.3, -0.25) is 14.7 Å². The third kappa shape index (κ3) is 7.44. The van der Waals surface area contributed by atoms with Gasteiger partial charge in [0.1, 0.15) is 0 Å². The molecule has 1 amide bonds. The lowest BCUT2D eigenvalue weighted by atomic mass is 10.1. The summed E-state index contributed by atoms with van der Waals surface area (Å²) in [5.41, 5.74) is 5.01. The largest absolute Gasteiger partial charge is 0.324 e. The molecule has 1 fully saturated rings. The lowest BCUT2D eigenvalue weighted by Crippen LogP contribution is -2.43. The van der Waals surface area contributed by atoms with E-state index in [2.05, 4.69) is 42.4 Å². The molecule has 3 heterocycles. The lowest BCUT2D eigenvalue weighted by Gasteiger charge is -2.32. The number of nitrogens with zero attached hydrogens (tertiary/aromatic N) is 5. The Hall–Kier alpha value is -4.14. The van der Waals surface area contributed by atoms with E-state index in [1.807, 2.05) is 80.6 Å². The molecule has 2 aromatic heterocycles. The fourth-order valence-corrected chi connectivity index (χ4v) is 4.13. The molecule has 0 aliphatic carbocycles. The van der Waals surface area contributed by atoms with E-state index in [1.165, 1.54) is 5.56 Å². The van der Waals surface area contributed by atoms with Gasteiger partial charge in [0.2, 0.25) is 5.95 Å². The molecule has 38 heavy (non-hydrogen) atoms. The molecule has 0 spiro atoms. The Morgan fingerprint density at radius 3 is 2.39 bits per heavy atom. The molecule has 8 nitrogen and oxygen atoms in total. The van der Waals surface area contributed by atoms with E-state index < -0.39 is 0 Å². The van der Waals surface area contributed by atoms with Crippen LogP contribution in [0.3, 0.4) is 0 Å². The number of hydrogen-bond acceptors (Lipinski definition) is 7. The van der Waals surface area contributed by atoms with Crippen LogP contribution in [0.5, 0.6) is 0 Å². The van der Waals surface area contributed by atoms with Crippen LogP contribution in [0.25, 0.3) is 11.3 Å². The van der Waals surface area contributed by atoms with Crippen molar-refractivity contribution < 1.29 is 4.79 Å². The number of aromatic nitrogens is 3. The number of amides is 1. The zero-order valence-electron chi connectivity index (χ0n) is 22.3. The number of pyridine rings is 1. The smallest absolute Gasteiger partial charge is 0.255 e. The van der Waals surface area contributed by atoms with Gasteiger partial charge in [-0.1, -0.05) is 32.0 Å². The van der Waals surface area contributed by atoms with Crippen LogP contribution in [0.15, 0.2) is 85.3 Å². The van der Waals surface area contributed by atoms with Crippen LogP contribution in [0.1, 0.15) is 29.8 Å². The molecule has 1 aliphatic heterocycles. The molecule has 1 saturated heterocycles. The van der Waals surface area contributed by atoms with E-state index in [0.29, 0.717) is 17.2 Å². The topological polar surface area (TPSA) is 86.3 Å².